The molecule has 0 amide bonds. The van der Waals surface area contributed by atoms with Crippen molar-refractivity contribution in [2.24, 2.45) is 0 Å². The maximum absolute atomic E-state index is 13.4. The van der Waals surface area contributed by atoms with Crippen LogP contribution >= 0.6 is 0 Å². The minimum atomic E-state index is -4.36. The molecule has 0 radical (unpaired) electrons. The normalized spacial score (nSPS) is 12.6. The number of nitrogens with zero attached hydrogens (tertiary/aromatic N) is 1. The Morgan fingerprint density at radius 3 is 1.56 bits per heavy atom. The van der Waals surface area contributed by atoms with Gasteiger partial charge in [-0.25, -0.2) is 21.2 Å². The topological polar surface area (TPSA) is 71.5 Å². The third-order valence-corrected chi connectivity index (χ3v) is 9.86. The summed E-state index contributed by atoms with van der Waals surface area (Å²) in [7, 11) is -8.70. The molecule has 0 spiro atoms. The summed E-state index contributed by atoms with van der Waals surface area (Å²) in [5, 5.41) is 0. The molecule has 0 aromatic heterocycles. The minimum Gasteiger partial charge on any atom is -0.207 e. The maximum Gasteiger partial charge on any atom is 0.256 e. The van der Waals surface area contributed by atoms with Crippen LogP contribution in [0.5, 0.6) is 0 Å². The van der Waals surface area contributed by atoms with E-state index < -0.39 is 25.9 Å². The van der Waals surface area contributed by atoms with Crippen LogP contribution in [0.25, 0.3) is 0 Å². The molecule has 0 heterocycles. The molecule has 0 aliphatic rings. The van der Waals surface area contributed by atoms with E-state index in [2.05, 4.69) is 0 Å². The van der Waals surface area contributed by atoms with Gasteiger partial charge in [-0.3, -0.25) is 0 Å². The Labute approximate surface area is 160 Å². The van der Waals surface area contributed by atoms with Gasteiger partial charge in [0, 0.05) is 6.54 Å². The number of hydrogen-bond donors (Lipinski definition) is 0. The predicted molar refractivity (Wildman–Crippen MR) is 103 cm³/mol. The number of halogens is 1. The second kappa shape index (κ2) is 7.33. The fourth-order valence-electron chi connectivity index (χ4n) is 3.15. The van der Waals surface area contributed by atoms with Gasteiger partial charge >= 0.3 is 0 Å². The first kappa shape index (κ1) is 21.5. The summed E-state index contributed by atoms with van der Waals surface area (Å²) < 4.78 is 66.4. The Morgan fingerprint density at radius 1 is 0.741 bits per heavy atom. The lowest BCUT2D eigenvalue weighted by atomic mass is 9.95. The van der Waals surface area contributed by atoms with Gasteiger partial charge in [0.15, 0.2) is 0 Å². The van der Waals surface area contributed by atoms with Gasteiger partial charge in [-0.05, 0) is 86.7 Å². The van der Waals surface area contributed by atoms with E-state index in [0.29, 0.717) is 14.8 Å². The summed E-state index contributed by atoms with van der Waals surface area (Å²) in [5.74, 6) is -0.601. The molecular weight excluding hydrogens is 389 g/mol. The van der Waals surface area contributed by atoms with E-state index in [9.17, 15) is 21.2 Å². The highest BCUT2D eigenvalue weighted by molar-refractivity contribution is 8.04. The number of rotatable bonds is 5. The van der Waals surface area contributed by atoms with Gasteiger partial charge in [-0.1, -0.05) is 10.6 Å². The summed E-state index contributed by atoms with van der Waals surface area (Å²) in [6, 6.07) is 4.11. The average Bonchev–Trinajstić information content (AvgIpc) is 2.58. The van der Waals surface area contributed by atoms with E-state index in [-0.39, 0.29) is 16.3 Å². The molecule has 0 saturated heterocycles. The standard InChI is InChI=1S/C19H24FNO4S2/c1-7-21(26(22,23)18-10-8-17(20)9-11-18)27(24,25)19-15(5)13(3)12(2)14(4)16(19)6/h8-11H,7H2,1-6H3. The van der Waals surface area contributed by atoms with Crippen LogP contribution in [0.2, 0.25) is 0 Å². The number of hydrogen-bond acceptors (Lipinski definition) is 4. The SMILES string of the molecule is CCN(S(=O)(=O)c1ccc(F)cc1)S(=O)(=O)c1c(C)c(C)c(C)c(C)c1C. The molecule has 0 saturated carbocycles. The third-order valence-electron chi connectivity index (χ3n) is 5.10. The van der Waals surface area contributed by atoms with Crippen LogP contribution in [0.15, 0.2) is 34.1 Å². The van der Waals surface area contributed by atoms with Gasteiger partial charge in [-0.15, -0.1) is 0 Å². The first-order chi connectivity index (χ1) is 12.4. The average molecular weight is 414 g/mol. The van der Waals surface area contributed by atoms with Crippen LogP contribution in [-0.4, -0.2) is 27.1 Å². The Balaban J connectivity index is 2.76. The van der Waals surface area contributed by atoms with E-state index in [1.165, 1.54) is 6.92 Å². The van der Waals surface area contributed by atoms with Gasteiger partial charge in [-0.2, -0.15) is 0 Å². The molecular formula is C19H24FNO4S2. The van der Waals surface area contributed by atoms with E-state index in [1.807, 2.05) is 20.8 Å². The summed E-state index contributed by atoms with van der Waals surface area (Å²) in [6.45, 7) is 10.1. The summed E-state index contributed by atoms with van der Waals surface area (Å²) in [5.41, 5.74) is 3.67. The van der Waals surface area contributed by atoms with E-state index >= 15 is 0 Å². The molecule has 27 heavy (non-hydrogen) atoms. The molecule has 5 nitrogen and oxygen atoms in total. The van der Waals surface area contributed by atoms with Crippen LogP contribution in [0.1, 0.15) is 34.7 Å². The van der Waals surface area contributed by atoms with Crippen molar-refractivity contribution in [2.75, 3.05) is 6.54 Å². The monoisotopic (exact) mass is 413 g/mol. The fraction of sp³-hybridized carbons (Fsp3) is 0.368. The van der Waals surface area contributed by atoms with E-state index in [0.717, 1.165) is 41.0 Å². The van der Waals surface area contributed by atoms with Crippen molar-refractivity contribution in [3.8, 4) is 0 Å². The van der Waals surface area contributed by atoms with E-state index in [4.69, 9.17) is 0 Å². The van der Waals surface area contributed by atoms with Crippen molar-refractivity contribution in [3.63, 3.8) is 0 Å². The van der Waals surface area contributed by atoms with Crippen LogP contribution < -0.4 is 0 Å². The predicted octanol–water partition coefficient (Wildman–Crippen LogP) is 3.77. The maximum atomic E-state index is 13.4. The van der Waals surface area contributed by atoms with Crippen LogP contribution in [0, 0.1) is 40.4 Å². The molecule has 2 rings (SSSR count). The summed E-state index contributed by atoms with van der Waals surface area (Å²) in [6.07, 6.45) is 0. The number of sulfonamides is 2. The number of benzene rings is 2. The van der Waals surface area contributed by atoms with Crippen LogP contribution in [-0.2, 0) is 20.0 Å². The Morgan fingerprint density at radius 2 is 1.15 bits per heavy atom. The highest BCUT2D eigenvalue weighted by Crippen LogP contribution is 2.33. The molecule has 0 aliphatic heterocycles. The molecule has 2 aromatic rings. The van der Waals surface area contributed by atoms with Crippen molar-refractivity contribution >= 4 is 20.0 Å². The molecule has 0 fully saturated rings. The Kier molecular flexibility index (Phi) is 5.85. The van der Waals surface area contributed by atoms with Crippen LogP contribution in [0.4, 0.5) is 4.39 Å². The van der Waals surface area contributed by atoms with Gasteiger partial charge in [0.1, 0.15) is 5.82 Å². The van der Waals surface area contributed by atoms with Crippen molar-refractivity contribution in [3.05, 3.63) is 57.9 Å². The molecule has 0 unspecified atom stereocenters. The quantitative estimate of drug-likeness (QED) is 0.748. The zero-order valence-electron chi connectivity index (χ0n) is 16.3. The van der Waals surface area contributed by atoms with Crippen molar-refractivity contribution in [1.29, 1.82) is 0 Å². The zero-order chi connectivity index (χ0) is 20.7. The van der Waals surface area contributed by atoms with Gasteiger partial charge in [0.25, 0.3) is 20.0 Å². The second-order valence-electron chi connectivity index (χ2n) is 6.51. The minimum absolute atomic E-state index is 0.00985. The van der Waals surface area contributed by atoms with Gasteiger partial charge in [0.2, 0.25) is 0 Å². The second-order valence-corrected chi connectivity index (χ2v) is 10.4. The fourth-order valence-corrected chi connectivity index (χ4v) is 7.34. The Hall–Kier alpha value is -1.77. The smallest absolute Gasteiger partial charge is 0.207 e. The molecule has 2 aromatic carbocycles. The molecule has 0 atom stereocenters. The summed E-state index contributed by atoms with van der Waals surface area (Å²) >= 11 is 0. The lowest BCUT2D eigenvalue weighted by Crippen LogP contribution is -2.37. The lowest BCUT2D eigenvalue weighted by Gasteiger charge is -2.25. The first-order valence-electron chi connectivity index (χ1n) is 8.47. The third kappa shape index (κ3) is 3.53. The van der Waals surface area contributed by atoms with Crippen LogP contribution in [0.3, 0.4) is 0 Å². The molecule has 0 bridgehead atoms. The first-order valence-corrected chi connectivity index (χ1v) is 11.4. The highest BCUT2D eigenvalue weighted by atomic mass is 32.3. The molecule has 8 heteroatoms. The zero-order valence-corrected chi connectivity index (χ0v) is 17.9. The van der Waals surface area contributed by atoms with Gasteiger partial charge < -0.3 is 0 Å². The van der Waals surface area contributed by atoms with Crippen molar-refractivity contribution < 1.29 is 21.2 Å². The molecule has 0 aliphatic carbocycles. The molecule has 0 N–H and O–H groups in total. The highest BCUT2D eigenvalue weighted by Gasteiger charge is 2.37. The van der Waals surface area contributed by atoms with Crippen molar-refractivity contribution in [2.45, 2.75) is 51.3 Å². The summed E-state index contributed by atoms with van der Waals surface area (Å²) in [4.78, 5) is -0.263. The Bertz CT molecular complexity index is 1060. The van der Waals surface area contributed by atoms with E-state index in [1.54, 1.807) is 13.8 Å². The largest absolute Gasteiger partial charge is 0.256 e. The molecule has 148 valence electrons. The van der Waals surface area contributed by atoms with Gasteiger partial charge in [0.05, 0.1) is 9.79 Å². The van der Waals surface area contributed by atoms with Crippen molar-refractivity contribution in [1.82, 2.24) is 3.71 Å². The lowest BCUT2D eigenvalue weighted by molar-refractivity contribution is 0.505.